The highest BCUT2D eigenvalue weighted by atomic mass is 16.5. The molecule has 0 atom stereocenters. The maximum absolute atomic E-state index is 11.8. The Morgan fingerprint density at radius 2 is 2.24 bits per heavy atom. The number of benzene rings is 1. The van der Waals surface area contributed by atoms with Gasteiger partial charge in [0.15, 0.2) is 0 Å². The summed E-state index contributed by atoms with van der Waals surface area (Å²) in [5.74, 6) is -0.0754. The first-order chi connectivity index (χ1) is 8.29. The van der Waals surface area contributed by atoms with Gasteiger partial charge in [0.25, 0.3) is 5.91 Å². The topological polar surface area (TPSA) is 50.4 Å². The van der Waals surface area contributed by atoms with E-state index in [0.717, 1.165) is 12.1 Å². The average Bonchev–Trinajstić information content (AvgIpc) is 2.38. The highest BCUT2D eigenvalue weighted by Crippen LogP contribution is 2.13. The van der Waals surface area contributed by atoms with E-state index in [-0.39, 0.29) is 5.91 Å². The summed E-state index contributed by atoms with van der Waals surface area (Å²) in [6.07, 6.45) is 2.16. The summed E-state index contributed by atoms with van der Waals surface area (Å²) in [5, 5.41) is 5.83. The Bertz CT molecular complexity index is 377. The number of ether oxygens (including phenoxy) is 1. The zero-order valence-electron chi connectivity index (χ0n) is 10.0. The summed E-state index contributed by atoms with van der Waals surface area (Å²) in [5.41, 5.74) is 1.48. The number of rotatable bonds is 7. The molecule has 1 amide bonds. The number of carbonyl (C=O) groups is 1. The molecule has 92 valence electrons. The number of carbonyl (C=O) groups excluding carboxylic acids is 1. The van der Waals surface area contributed by atoms with Crippen LogP contribution in [-0.2, 0) is 4.74 Å². The molecule has 0 saturated carbocycles. The lowest BCUT2D eigenvalue weighted by Gasteiger charge is -2.09. The summed E-state index contributed by atoms with van der Waals surface area (Å²) in [4.78, 5) is 11.8. The van der Waals surface area contributed by atoms with Gasteiger partial charge in [-0.25, -0.2) is 0 Å². The van der Waals surface area contributed by atoms with Crippen LogP contribution < -0.4 is 10.6 Å². The summed E-state index contributed by atoms with van der Waals surface area (Å²) < 4.78 is 4.97. The van der Waals surface area contributed by atoms with Crippen LogP contribution in [0.15, 0.2) is 37.1 Å². The van der Waals surface area contributed by atoms with Crippen LogP contribution in [0.5, 0.6) is 0 Å². The molecule has 1 rings (SSSR count). The fourth-order valence-electron chi connectivity index (χ4n) is 1.44. The molecule has 1 aromatic rings. The molecule has 17 heavy (non-hydrogen) atoms. The molecule has 0 saturated heterocycles. The Morgan fingerprint density at radius 1 is 1.47 bits per heavy atom. The van der Waals surface area contributed by atoms with E-state index < -0.39 is 0 Å². The predicted octanol–water partition coefficient (Wildman–Crippen LogP) is 2.01. The van der Waals surface area contributed by atoms with Crippen molar-refractivity contribution in [3.63, 3.8) is 0 Å². The SMILES string of the molecule is C=COCCCNC(=O)c1ccccc1NC. The molecule has 2 N–H and O–H groups in total. The van der Waals surface area contributed by atoms with Gasteiger partial charge >= 0.3 is 0 Å². The van der Waals surface area contributed by atoms with Crippen molar-refractivity contribution in [1.82, 2.24) is 5.32 Å². The van der Waals surface area contributed by atoms with Crippen molar-refractivity contribution in [2.45, 2.75) is 6.42 Å². The van der Waals surface area contributed by atoms with E-state index in [0.29, 0.717) is 18.7 Å². The van der Waals surface area contributed by atoms with E-state index in [9.17, 15) is 4.79 Å². The molecule has 0 radical (unpaired) electrons. The molecule has 0 aliphatic carbocycles. The van der Waals surface area contributed by atoms with Crippen LogP contribution >= 0.6 is 0 Å². The number of anilines is 1. The molecule has 0 spiro atoms. The first-order valence-corrected chi connectivity index (χ1v) is 5.57. The Labute approximate surface area is 102 Å². The second kappa shape index (κ2) is 7.33. The number of nitrogens with one attached hydrogen (secondary N) is 2. The summed E-state index contributed by atoms with van der Waals surface area (Å²) >= 11 is 0. The van der Waals surface area contributed by atoms with E-state index in [1.54, 1.807) is 13.1 Å². The summed E-state index contributed by atoms with van der Waals surface area (Å²) in [7, 11) is 1.80. The van der Waals surface area contributed by atoms with Crippen LogP contribution in [0.3, 0.4) is 0 Å². The largest absolute Gasteiger partial charge is 0.502 e. The Morgan fingerprint density at radius 3 is 2.94 bits per heavy atom. The Hall–Kier alpha value is -1.97. The van der Waals surface area contributed by atoms with Crippen molar-refractivity contribution >= 4 is 11.6 Å². The zero-order valence-corrected chi connectivity index (χ0v) is 10.0. The molecule has 4 nitrogen and oxygen atoms in total. The van der Waals surface area contributed by atoms with Crippen LogP contribution in [0.1, 0.15) is 16.8 Å². The van der Waals surface area contributed by atoms with Crippen LogP contribution in [-0.4, -0.2) is 26.1 Å². The normalized spacial score (nSPS) is 9.47. The van der Waals surface area contributed by atoms with Gasteiger partial charge in [-0.05, 0) is 18.6 Å². The first-order valence-electron chi connectivity index (χ1n) is 5.57. The van der Waals surface area contributed by atoms with Crippen molar-refractivity contribution in [2.75, 3.05) is 25.5 Å². The second-order valence-electron chi connectivity index (χ2n) is 3.44. The quantitative estimate of drug-likeness (QED) is 0.560. The van der Waals surface area contributed by atoms with Gasteiger partial charge in [-0.15, -0.1) is 0 Å². The molecule has 0 aromatic heterocycles. The van der Waals surface area contributed by atoms with Crippen molar-refractivity contribution in [3.05, 3.63) is 42.7 Å². The van der Waals surface area contributed by atoms with Crippen LogP contribution in [0.2, 0.25) is 0 Å². The second-order valence-corrected chi connectivity index (χ2v) is 3.44. The third-order valence-corrected chi connectivity index (χ3v) is 2.28. The molecule has 4 heteroatoms. The smallest absolute Gasteiger partial charge is 0.253 e. The van der Waals surface area contributed by atoms with Crippen molar-refractivity contribution in [1.29, 1.82) is 0 Å². The van der Waals surface area contributed by atoms with Gasteiger partial charge < -0.3 is 15.4 Å². The third-order valence-electron chi connectivity index (χ3n) is 2.28. The van der Waals surface area contributed by atoms with Crippen LogP contribution in [0, 0.1) is 0 Å². The number of hydrogen-bond donors (Lipinski definition) is 2. The minimum atomic E-state index is -0.0754. The number of hydrogen-bond acceptors (Lipinski definition) is 3. The molecule has 0 aliphatic rings. The highest BCUT2D eigenvalue weighted by molar-refractivity contribution is 5.99. The molecule has 0 aliphatic heterocycles. The standard InChI is InChI=1S/C13H18N2O2/c1-3-17-10-6-9-15-13(16)11-7-4-5-8-12(11)14-2/h3-5,7-8,14H,1,6,9-10H2,2H3,(H,15,16). The number of para-hydroxylation sites is 1. The maximum Gasteiger partial charge on any atom is 0.253 e. The molecule has 1 aromatic carbocycles. The van der Waals surface area contributed by atoms with Gasteiger partial charge in [-0.2, -0.15) is 0 Å². The minimum absolute atomic E-state index is 0.0754. The Kier molecular flexibility index (Phi) is 5.64. The Balaban J connectivity index is 2.44. The minimum Gasteiger partial charge on any atom is -0.502 e. The van der Waals surface area contributed by atoms with Crippen molar-refractivity contribution in [2.24, 2.45) is 0 Å². The molecule has 0 bridgehead atoms. The van der Waals surface area contributed by atoms with E-state index in [4.69, 9.17) is 4.74 Å². The first kappa shape index (κ1) is 13.1. The number of amides is 1. The van der Waals surface area contributed by atoms with E-state index in [1.165, 1.54) is 6.26 Å². The fraction of sp³-hybridized carbons (Fsp3) is 0.308. The molecule has 0 unspecified atom stereocenters. The molecular formula is C13H18N2O2. The fourth-order valence-corrected chi connectivity index (χ4v) is 1.44. The van der Waals surface area contributed by atoms with Crippen LogP contribution in [0.25, 0.3) is 0 Å². The summed E-state index contributed by atoms with van der Waals surface area (Å²) in [6.45, 7) is 4.60. The van der Waals surface area contributed by atoms with Gasteiger partial charge in [0.2, 0.25) is 0 Å². The van der Waals surface area contributed by atoms with Crippen molar-refractivity contribution < 1.29 is 9.53 Å². The highest BCUT2D eigenvalue weighted by Gasteiger charge is 2.08. The maximum atomic E-state index is 11.8. The molecular weight excluding hydrogens is 216 g/mol. The van der Waals surface area contributed by atoms with Gasteiger partial charge in [-0.1, -0.05) is 18.7 Å². The van der Waals surface area contributed by atoms with E-state index >= 15 is 0 Å². The lowest BCUT2D eigenvalue weighted by atomic mass is 10.1. The van der Waals surface area contributed by atoms with Gasteiger partial charge in [0.1, 0.15) is 0 Å². The lowest BCUT2D eigenvalue weighted by molar-refractivity contribution is 0.0951. The average molecular weight is 234 g/mol. The predicted molar refractivity (Wildman–Crippen MR) is 69.1 cm³/mol. The monoisotopic (exact) mass is 234 g/mol. The van der Waals surface area contributed by atoms with Gasteiger partial charge in [-0.3, -0.25) is 4.79 Å². The third kappa shape index (κ3) is 4.18. The zero-order chi connectivity index (χ0) is 12.5. The molecule has 0 fully saturated rings. The van der Waals surface area contributed by atoms with E-state index in [2.05, 4.69) is 17.2 Å². The van der Waals surface area contributed by atoms with Gasteiger partial charge in [0, 0.05) is 19.3 Å². The van der Waals surface area contributed by atoms with Crippen LogP contribution in [0.4, 0.5) is 5.69 Å². The summed E-state index contributed by atoms with van der Waals surface area (Å²) in [6, 6.07) is 7.40. The lowest BCUT2D eigenvalue weighted by Crippen LogP contribution is -2.25. The molecule has 0 heterocycles. The van der Waals surface area contributed by atoms with Gasteiger partial charge in [0.05, 0.1) is 18.4 Å². The van der Waals surface area contributed by atoms with Crippen molar-refractivity contribution in [3.8, 4) is 0 Å². The van der Waals surface area contributed by atoms with E-state index in [1.807, 2.05) is 18.2 Å².